The highest BCUT2D eigenvalue weighted by Crippen LogP contribution is 2.30. The second-order valence-corrected chi connectivity index (χ2v) is 6.16. The smallest absolute Gasteiger partial charge is 0.329 e. The van der Waals surface area contributed by atoms with E-state index in [1.54, 1.807) is 36.4 Å². The van der Waals surface area contributed by atoms with Crippen molar-refractivity contribution in [1.82, 2.24) is 10.2 Å². The molecule has 1 aliphatic rings. The molecule has 0 aliphatic carbocycles. The molecule has 0 unspecified atom stereocenters. The number of imide groups is 1. The van der Waals surface area contributed by atoms with Gasteiger partial charge in [-0.3, -0.25) is 9.69 Å². The predicted octanol–water partition coefficient (Wildman–Crippen LogP) is 3.22. The molecule has 1 saturated heterocycles. The van der Waals surface area contributed by atoms with Gasteiger partial charge in [-0.15, -0.1) is 6.58 Å². The van der Waals surface area contributed by atoms with E-state index in [4.69, 9.17) is 9.47 Å². The Morgan fingerprint density at radius 3 is 2.72 bits per heavy atom. The van der Waals surface area contributed by atoms with Crippen LogP contribution in [0.3, 0.4) is 0 Å². The lowest BCUT2D eigenvalue weighted by atomic mass is 10.1. The van der Waals surface area contributed by atoms with E-state index in [1.165, 1.54) is 13.2 Å². The standard InChI is InChI=1S/C22H19N3O4/c1-3-10-25-21(26)18(24-22(25)27)11-15-8-9-19(20(12-15)28-2)29-14-17-7-5-4-6-16(17)13-23/h3-9,11-12H,1,10,14H2,2H3,(H,24,27)/b18-11-. The van der Waals surface area contributed by atoms with Gasteiger partial charge in [0.1, 0.15) is 12.3 Å². The van der Waals surface area contributed by atoms with E-state index < -0.39 is 11.9 Å². The van der Waals surface area contributed by atoms with E-state index in [1.807, 2.05) is 12.1 Å². The zero-order valence-electron chi connectivity index (χ0n) is 15.8. The summed E-state index contributed by atoms with van der Waals surface area (Å²) in [5.74, 6) is 0.549. The van der Waals surface area contributed by atoms with Crippen molar-refractivity contribution in [2.75, 3.05) is 13.7 Å². The van der Waals surface area contributed by atoms with Crippen LogP contribution in [0.5, 0.6) is 11.5 Å². The zero-order chi connectivity index (χ0) is 20.8. The van der Waals surface area contributed by atoms with E-state index in [9.17, 15) is 14.9 Å². The summed E-state index contributed by atoms with van der Waals surface area (Å²) in [5, 5.41) is 11.7. The molecule has 2 aromatic carbocycles. The minimum atomic E-state index is -0.482. The highest BCUT2D eigenvalue weighted by molar-refractivity contribution is 6.14. The largest absolute Gasteiger partial charge is 0.493 e. The van der Waals surface area contributed by atoms with E-state index >= 15 is 0 Å². The molecule has 0 radical (unpaired) electrons. The number of hydrogen-bond donors (Lipinski definition) is 1. The fraction of sp³-hybridized carbons (Fsp3) is 0.136. The van der Waals surface area contributed by atoms with Crippen LogP contribution in [-0.2, 0) is 11.4 Å². The first kappa shape index (κ1) is 19.7. The Kier molecular flexibility index (Phi) is 5.95. The van der Waals surface area contributed by atoms with Gasteiger partial charge in [0.2, 0.25) is 0 Å². The molecule has 1 N–H and O–H groups in total. The summed E-state index contributed by atoms with van der Waals surface area (Å²) in [6, 6.07) is 14.0. The minimum absolute atomic E-state index is 0.141. The molecular formula is C22H19N3O4. The molecule has 0 spiro atoms. The molecule has 2 aromatic rings. The van der Waals surface area contributed by atoms with Crippen LogP contribution in [0.15, 0.2) is 60.8 Å². The van der Waals surface area contributed by atoms with Gasteiger partial charge < -0.3 is 14.8 Å². The SMILES string of the molecule is C=CCN1C(=O)N/C(=C\c2ccc(OCc3ccccc3C#N)c(OC)c2)C1=O. The van der Waals surface area contributed by atoms with Crippen LogP contribution in [0, 0.1) is 11.3 Å². The first-order valence-electron chi connectivity index (χ1n) is 8.81. The number of hydrogen-bond acceptors (Lipinski definition) is 5. The van der Waals surface area contributed by atoms with Gasteiger partial charge in [-0.05, 0) is 29.8 Å². The molecule has 1 fully saturated rings. The number of nitriles is 1. The summed E-state index contributed by atoms with van der Waals surface area (Å²) in [5.41, 5.74) is 2.16. The number of carbonyl (C=O) groups excluding carboxylic acids is 2. The average molecular weight is 389 g/mol. The summed E-state index contributed by atoms with van der Waals surface area (Å²) >= 11 is 0. The molecule has 7 heteroatoms. The van der Waals surface area contributed by atoms with Gasteiger partial charge in [-0.1, -0.05) is 30.3 Å². The highest BCUT2D eigenvalue weighted by Gasteiger charge is 2.32. The van der Waals surface area contributed by atoms with Crippen molar-refractivity contribution in [3.05, 3.63) is 77.5 Å². The zero-order valence-corrected chi connectivity index (χ0v) is 15.8. The Morgan fingerprint density at radius 1 is 1.21 bits per heavy atom. The third-order valence-corrected chi connectivity index (χ3v) is 4.29. The Morgan fingerprint density at radius 2 is 2.00 bits per heavy atom. The van der Waals surface area contributed by atoms with Gasteiger partial charge in [-0.25, -0.2) is 4.79 Å². The summed E-state index contributed by atoms with van der Waals surface area (Å²) in [7, 11) is 1.51. The highest BCUT2D eigenvalue weighted by atomic mass is 16.5. The molecule has 146 valence electrons. The summed E-state index contributed by atoms with van der Waals surface area (Å²) in [6.07, 6.45) is 3.06. The van der Waals surface area contributed by atoms with Crippen molar-refractivity contribution in [2.24, 2.45) is 0 Å². The fourth-order valence-electron chi connectivity index (χ4n) is 2.84. The normalized spacial score (nSPS) is 14.5. The number of carbonyl (C=O) groups is 2. The van der Waals surface area contributed by atoms with E-state index in [-0.39, 0.29) is 18.8 Å². The number of nitrogens with zero attached hydrogens (tertiary/aromatic N) is 2. The lowest BCUT2D eigenvalue weighted by Gasteiger charge is -2.12. The van der Waals surface area contributed by atoms with Crippen molar-refractivity contribution < 1.29 is 19.1 Å². The van der Waals surface area contributed by atoms with Crippen LogP contribution in [0.4, 0.5) is 4.79 Å². The number of amides is 3. The molecule has 1 heterocycles. The quantitative estimate of drug-likeness (QED) is 0.446. The summed E-state index contributed by atoms with van der Waals surface area (Å²) < 4.78 is 11.2. The Hall–Kier alpha value is -4.05. The van der Waals surface area contributed by atoms with E-state index in [2.05, 4.69) is 18.0 Å². The first-order valence-corrected chi connectivity index (χ1v) is 8.81. The number of urea groups is 1. The minimum Gasteiger partial charge on any atom is -0.493 e. The monoisotopic (exact) mass is 389 g/mol. The number of methoxy groups -OCH3 is 1. The van der Waals surface area contributed by atoms with Gasteiger partial charge >= 0.3 is 6.03 Å². The molecule has 29 heavy (non-hydrogen) atoms. The Labute approximate surface area is 168 Å². The van der Waals surface area contributed by atoms with Crippen LogP contribution < -0.4 is 14.8 Å². The second-order valence-electron chi connectivity index (χ2n) is 6.16. The molecule has 3 rings (SSSR count). The van der Waals surface area contributed by atoms with Gasteiger partial charge in [0.05, 0.1) is 18.7 Å². The maximum atomic E-state index is 12.3. The van der Waals surface area contributed by atoms with Crippen LogP contribution in [0.25, 0.3) is 6.08 Å². The van der Waals surface area contributed by atoms with Crippen molar-refractivity contribution in [3.63, 3.8) is 0 Å². The van der Waals surface area contributed by atoms with Gasteiger partial charge in [-0.2, -0.15) is 5.26 Å². The van der Waals surface area contributed by atoms with E-state index in [0.717, 1.165) is 10.5 Å². The van der Waals surface area contributed by atoms with Gasteiger partial charge in [0.15, 0.2) is 11.5 Å². The van der Waals surface area contributed by atoms with Crippen LogP contribution in [0.1, 0.15) is 16.7 Å². The molecule has 0 aromatic heterocycles. The first-order chi connectivity index (χ1) is 14.1. The van der Waals surface area contributed by atoms with Crippen molar-refractivity contribution >= 4 is 18.0 Å². The van der Waals surface area contributed by atoms with E-state index in [0.29, 0.717) is 22.6 Å². The van der Waals surface area contributed by atoms with Gasteiger partial charge in [0, 0.05) is 12.1 Å². The lowest BCUT2D eigenvalue weighted by Crippen LogP contribution is -2.30. The van der Waals surface area contributed by atoms with Crippen molar-refractivity contribution in [2.45, 2.75) is 6.61 Å². The Bertz CT molecular complexity index is 1040. The molecule has 1 aliphatic heterocycles. The lowest BCUT2D eigenvalue weighted by molar-refractivity contribution is -0.122. The second kappa shape index (κ2) is 8.76. The third kappa shape index (κ3) is 4.28. The maximum absolute atomic E-state index is 12.3. The molecule has 7 nitrogen and oxygen atoms in total. The average Bonchev–Trinajstić information content (AvgIpc) is 3.00. The molecule has 0 bridgehead atoms. The topological polar surface area (TPSA) is 91.7 Å². The maximum Gasteiger partial charge on any atom is 0.329 e. The molecule has 3 amide bonds. The predicted molar refractivity (Wildman–Crippen MR) is 107 cm³/mol. The van der Waals surface area contributed by atoms with Crippen molar-refractivity contribution in [1.29, 1.82) is 5.26 Å². The number of ether oxygens (including phenoxy) is 2. The summed E-state index contributed by atoms with van der Waals surface area (Å²) in [4.78, 5) is 25.2. The van der Waals surface area contributed by atoms with Crippen molar-refractivity contribution in [3.8, 4) is 17.6 Å². The number of rotatable bonds is 7. The number of nitrogens with one attached hydrogen (secondary N) is 1. The van der Waals surface area contributed by atoms with Gasteiger partial charge in [0.25, 0.3) is 5.91 Å². The molecule has 0 saturated carbocycles. The fourth-order valence-corrected chi connectivity index (χ4v) is 2.84. The Balaban J connectivity index is 1.79. The van der Waals surface area contributed by atoms with Crippen LogP contribution in [0.2, 0.25) is 0 Å². The summed E-state index contributed by atoms with van der Waals surface area (Å²) in [6.45, 7) is 3.90. The van der Waals surface area contributed by atoms with Crippen LogP contribution >= 0.6 is 0 Å². The third-order valence-electron chi connectivity index (χ3n) is 4.29. The number of benzene rings is 2. The molecule has 0 atom stereocenters. The molecular weight excluding hydrogens is 370 g/mol. The van der Waals surface area contributed by atoms with Crippen LogP contribution in [-0.4, -0.2) is 30.5 Å².